The number of carbonyl (C=O) groups excluding carboxylic acids is 1. The fourth-order valence-electron chi connectivity index (χ4n) is 1.74. The van der Waals surface area contributed by atoms with E-state index in [1.807, 2.05) is 11.8 Å². The van der Waals surface area contributed by atoms with Gasteiger partial charge in [0.15, 0.2) is 5.96 Å². The molecule has 1 unspecified atom stereocenters. The zero-order chi connectivity index (χ0) is 13.2. The molecule has 0 aromatic carbocycles. The maximum Gasteiger partial charge on any atom is 0.216 e. The van der Waals surface area contributed by atoms with Crippen molar-refractivity contribution in [3.05, 3.63) is 0 Å². The Morgan fingerprint density at radius 2 is 2.11 bits per heavy atom. The number of hydrogen-bond donors (Lipinski definition) is 3. The van der Waals surface area contributed by atoms with Crippen molar-refractivity contribution in [2.24, 2.45) is 4.99 Å². The van der Waals surface area contributed by atoms with Gasteiger partial charge in [0.1, 0.15) is 0 Å². The highest BCUT2D eigenvalue weighted by atomic mass is 32.2. The van der Waals surface area contributed by atoms with Crippen molar-refractivity contribution in [3.63, 3.8) is 0 Å². The van der Waals surface area contributed by atoms with Crippen molar-refractivity contribution in [1.29, 1.82) is 0 Å². The highest BCUT2D eigenvalue weighted by Crippen LogP contribution is 2.25. The van der Waals surface area contributed by atoms with Crippen LogP contribution < -0.4 is 16.0 Å². The van der Waals surface area contributed by atoms with Gasteiger partial charge in [0.05, 0.1) is 6.54 Å². The van der Waals surface area contributed by atoms with E-state index in [4.69, 9.17) is 0 Å². The minimum atomic E-state index is 0.00101. The highest BCUT2D eigenvalue weighted by Gasteiger charge is 2.14. The van der Waals surface area contributed by atoms with Crippen LogP contribution in [0, 0.1) is 0 Å². The summed E-state index contributed by atoms with van der Waals surface area (Å²) in [5.74, 6) is 2.11. The molecule has 1 aliphatic heterocycles. The zero-order valence-electron chi connectivity index (χ0n) is 11.3. The van der Waals surface area contributed by atoms with Crippen molar-refractivity contribution in [2.45, 2.75) is 31.9 Å². The number of rotatable bonds is 6. The van der Waals surface area contributed by atoms with Gasteiger partial charge in [-0.3, -0.25) is 9.79 Å². The summed E-state index contributed by atoms with van der Waals surface area (Å²) in [6.45, 7) is 6.62. The molecule has 1 atom stereocenters. The number of nitrogens with zero attached hydrogens (tertiary/aromatic N) is 1. The maximum absolute atomic E-state index is 10.7. The van der Waals surface area contributed by atoms with Crippen molar-refractivity contribution >= 4 is 23.6 Å². The number of thioether (sulfide) groups is 1. The van der Waals surface area contributed by atoms with Crippen molar-refractivity contribution in [1.82, 2.24) is 16.0 Å². The van der Waals surface area contributed by atoms with Crippen LogP contribution >= 0.6 is 11.8 Å². The van der Waals surface area contributed by atoms with Crippen molar-refractivity contribution in [2.75, 3.05) is 31.9 Å². The summed E-state index contributed by atoms with van der Waals surface area (Å²) >= 11 is 2.02. The molecule has 1 rings (SSSR count). The van der Waals surface area contributed by atoms with E-state index in [1.165, 1.54) is 25.5 Å². The molecule has 0 aromatic rings. The third kappa shape index (κ3) is 6.74. The fourth-order valence-corrected chi connectivity index (χ4v) is 2.92. The molecule has 1 heterocycles. The molecule has 18 heavy (non-hydrogen) atoms. The second-order valence-electron chi connectivity index (χ2n) is 4.26. The third-order valence-corrected chi connectivity index (χ3v) is 3.99. The molecule has 5 nitrogen and oxygen atoms in total. The lowest BCUT2D eigenvalue weighted by Gasteiger charge is -2.12. The molecule has 6 heteroatoms. The molecule has 1 saturated heterocycles. The van der Waals surface area contributed by atoms with Gasteiger partial charge in [-0.1, -0.05) is 0 Å². The van der Waals surface area contributed by atoms with Gasteiger partial charge in [0.25, 0.3) is 0 Å². The number of nitrogens with one attached hydrogen (secondary N) is 3. The van der Waals surface area contributed by atoms with Crippen LogP contribution in [0.1, 0.15) is 26.7 Å². The standard InChI is InChI=1S/C12H24N4OS/c1-3-13-12(15-7-6-14-10(2)17)16-9-11-5-4-8-18-11/h11H,3-9H2,1-2H3,(H,14,17)(H2,13,15,16). The second-order valence-corrected chi connectivity index (χ2v) is 5.67. The lowest BCUT2D eigenvalue weighted by Crippen LogP contribution is -2.41. The van der Waals surface area contributed by atoms with Gasteiger partial charge < -0.3 is 16.0 Å². The lowest BCUT2D eigenvalue weighted by atomic mass is 10.2. The Balaban J connectivity index is 2.23. The second kappa shape index (κ2) is 9.08. The maximum atomic E-state index is 10.7. The predicted molar refractivity (Wildman–Crippen MR) is 78.1 cm³/mol. The molecule has 1 aliphatic rings. The Hall–Kier alpha value is -0.910. The molecule has 0 aromatic heterocycles. The Morgan fingerprint density at radius 3 is 2.72 bits per heavy atom. The molecule has 0 bridgehead atoms. The number of aliphatic imine (C=N–C) groups is 1. The normalized spacial score (nSPS) is 19.7. The Kier molecular flexibility index (Phi) is 7.64. The summed E-state index contributed by atoms with van der Waals surface area (Å²) in [6.07, 6.45) is 2.59. The van der Waals surface area contributed by atoms with Crippen LogP contribution in [-0.2, 0) is 4.79 Å². The van der Waals surface area contributed by atoms with E-state index in [1.54, 1.807) is 0 Å². The minimum absolute atomic E-state index is 0.00101. The van der Waals surface area contributed by atoms with Crippen molar-refractivity contribution < 1.29 is 4.79 Å². The van der Waals surface area contributed by atoms with Gasteiger partial charge in [0.2, 0.25) is 5.91 Å². The summed E-state index contributed by atoms with van der Waals surface area (Å²) in [6, 6.07) is 0. The number of carbonyl (C=O) groups is 1. The van der Waals surface area contributed by atoms with E-state index in [9.17, 15) is 4.79 Å². The third-order valence-electron chi connectivity index (χ3n) is 2.61. The van der Waals surface area contributed by atoms with Crippen LogP contribution in [0.2, 0.25) is 0 Å². The van der Waals surface area contributed by atoms with Crippen LogP contribution in [0.25, 0.3) is 0 Å². The average molecular weight is 272 g/mol. The molecule has 0 saturated carbocycles. The SMILES string of the molecule is CCNC(=NCC1CCCS1)NCCNC(C)=O. The average Bonchev–Trinajstić information content (AvgIpc) is 2.84. The van der Waals surface area contributed by atoms with E-state index < -0.39 is 0 Å². The monoisotopic (exact) mass is 272 g/mol. The fraction of sp³-hybridized carbons (Fsp3) is 0.833. The molecular weight excluding hydrogens is 248 g/mol. The molecule has 0 radical (unpaired) electrons. The van der Waals surface area contributed by atoms with Crippen LogP contribution in [0.15, 0.2) is 4.99 Å². The van der Waals surface area contributed by atoms with E-state index >= 15 is 0 Å². The zero-order valence-corrected chi connectivity index (χ0v) is 12.1. The van der Waals surface area contributed by atoms with Crippen LogP contribution in [0.3, 0.4) is 0 Å². The topological polar surface area (TPSA) is 65.5 Å². The molecule has 104 valence electrons. The highest BCUT2D eigenvalue weighted by molar-refractivity contribution is 8.00. The first-order valence-corrected chi connectivity index (χ1v) is 7.65. The summed E-state index contributed by atoms with van der Waals surface area (Å²) in [5, 5.41) is 9.86. The van der Waals surface area contributed by atoms with Crippen LogP contribution in [-0.4, -0.2) is 49.0 Å². The predicted octanol–water partition coefficient (Wildman–Crippen LogP) is 0.573. The van der Waals surface area contributed by atoms with Gasteiger partial charge >= 0.3 is 0 Å². The first-order valence-electron chi connectivity index (χ1n) is 6.60. The summed E-state index contributed by atoms with van der Waals surface area (Å²) in [4.78, 5) is 15.3. The number of guanidine groups is 1. The van der Waals surface area contributed by atoms with Gasteiger partial charge in [-0.25, -0.2) is 0 Å². The summed E-state index contributed by atoms with van der Waals surface area (Å²) < 4.78 is 0. The molecule has 0 aliphatic carbocycles. The van der Waals surface area contributed by atoms with E-state index in [0.717, 1.165) is 19.0 Å². The molecule has 1 amide bonds. The van der Waals surface area contributed by atoms with Crippen LogP contribution in [0.5, 0.6) is 0 Å². The Morgan fingerprint density at radius 1 is 1.33 bits per heavy atom. The van der Waals surface area contributed by atoms with Gasteiger partial charge in [-0.2, -0.15) is 11.8 Å². The molecule has 1 fully saturated rings. The van der Waals surface area contributed by atoms with Gasteiger partial charge in [-0.15, -0.1) is 0 Å². The number of amides is 1. The summed E-state index contributed by atoms with van der Waals surface area (Å²) in [7, 11) is 0. The molecule has 0 spiro atoms. The van der Waals surface area contributed by atoms with Crippen LogP contribution in [0.4, 0.5) is 0 Å². The summed E-state index contributed by atoms with van der Waals surface area (Å²) in [5.41, 5.74) is 0. The van der Waals surface area contributed by atoms with E-state index in [-0.39, 0.29) is 5.91 Å². The molecule has 3 N–H and O–H groups in total. The first-order chi connectivity index (χ1) is 8.72. The Labute approximate surface area is 114 Å². The van der Waals surface area contributed by atoms with Gasteiger partial charge in [0, 0.05) is 31.8 Å². The Bertz CT molecular complexity index is 277. The van der Waals surface area contributed by atoms with Crippen molar-refractivity contribution in [3.8, 4) is 0 Å². The minimum Gasteiger partial charge on any atom is -0.357 e. The van der Waals surface area contributed by atoms with E-state index in [0.29, 0.717) is 18.3 Å². The quantitative estimate of drug-likeness (QED) is 0.376. The van der Waals surface area contributed by atoms with Gasteiger partial charge in [-0.05, 0) is 25.5 Å². The number of hydrogen-bond acceptors (Lipinski definition) is 3. The lowest BCUT2D eigenvalue weighted by molar-refractivity contribution is -0.118. The largest absolute Gasteiger partial charge is 0.357 e. The first kappa shape index (κ1) is 15.1. The van der Waals surface area contributed by atoms with E-state index in [2.05, 4.69) is 27.9 Å². The smallest absolute Gasteiger partial charge is 0.216 e. The molecular formula is C12H24N4OS.